The van der Waals surface area contributed by atoms with E-state index in [0.717, 1.165) is 22.3 Å². The zero-order valence-electron chi connectivity index (χ0n) is 26.6. The first-order valence-corrected chi connectivity index (χ1v) is 14.3. The summed E-state index contributed by atoms with van der Waals surface area (Å²) in [5.41, 5.74) is 2.76. The second kappa shape index (κ2) is 14.0. The van der Waals surface area contributed by atoms with Crippen LogP contribution in [0.2, 0.25) is 0 Å². The van der Waals surface area contributed by atoms with Gasteiger partial charge in [0, 0.05) is 0 Å². The van der Waals surface area contributed by atoms with Crippen LogP contribution in [0.15, 0.2) is 55.6 Å². The predicted molar refractivity (Wildman–Crippen MR) is 170 cm³/mol. The average Bonchev–Trinajstić information content (AvgIpc) is 2.84. The Bertz CT molecular complexity index is 1870. The minimum Gasteiger partial charge on any atom is -0.440 e. The van der Waals surface area contributed by atoms with Crippen LogP contribution in [0, 0.1) is 27.7 Å². The Balaban J connectivity index is 0.000000244. The molecule has 2 aromatic heterocycles. The number of nitrogens with one attached hydrogen (secondary N) is 3. The molecule has 11 heteroatoms. The molecule has 0 aliphatic rings. The molecule has 0 saturated heterocycles. The highest BCUT2D eigenvalue weighted by Crippen LogP contribution is 2.29. The Morgan fingerprint density at radius 2 is 1.14 bits per heavy atom. The van der Waals surface area contributed by atoms with Crippen LogP contribution in [0.1, 0.15) is 79.8 Å². The van der Waals surface area contributed by atoms with Crippen molar-refractivity contribution in [3.05, 3.63) is 111 Å². The van der Waals surface area contributed by atoms with Crippen LogP contribution in [-0.2, 0) is 11.3 Å². The molecule has 0 aliphatic carbocycles. The lowest BCUT2D eigenvalue weighted by atomic mass is 10.1. The summed E-state index contributed by atoms with van der Waals surface area (Å²) in [6, 6.07) is 11.4. The molecule has 0 radical (unpaired) electrons. The van der Waals surface area contributed by atoms with Gasteiger partial charge < -0.3 is 9.47 Å². The standard InChI is InChI=1S/C18H22N2O4.C15H18N2O3/c1-10(2)15-16(22)19-18(23)20(9-13(5)21)17(15)24-14-7-11(3)6-12(4)8-14;1-8(2)12-13(18)16-15(19)17-14(12)20-11-6-9(3)5-10(4)7-11/h6-8,10H,9H2,1-5H3,(H,19,22,23);5-8H,1-4H3,(H2,16,17,18,19). The van der Waals surface area contributed by atoms with Crippen molar-refractivity contribution in [1.82, 2.24) is 19.5 Å². The van der Waals surface area contributed by atoms with Gasteiger partial charge >= 0.3 is 11.4 Å². The monoisotopic (exact) mass is 604 g/mol. The third-order valence-electron chi connectivity index (χ3n) is 6.49. The zero-order valence-corrected chi connectivity index (χ0v) is 26.6. The first-order valence-electron chi connectivity index (χ1n) is 14.3. The van der Waals surface area contributed by atoms with E-state index in [1.807, 2.05) is 91.8 Å². The number of nitrogens with zero attached hydrogens (tertiary/aromatic N) is 1. The molecular formula is C33H40N4O7. The van der Waals surface area contributed by atoms with Gasteiger partial charge in [0.05, 0.1) is 17.7 Å². The van der Waals surface area contributed by atoms with Crippen molar-refractivity contribution in [2.75, 3.05) is 0 Å². The van der Waals surface area contributed by atoms with Gasteiger partial charge in [-0.3, -0.25) is 33.9 Å². The summed E-state index contributed by atoms with van der Waals surface area (Å²) in [6.45, 7) is 16.4. The molecular weight excluding hydrogens is 564 g/mol. The van der Waals surface area contributed by atoms with E-state index < -0.39 is 22.5 Å². The summed E-state index contributed by atoms with van der Waals surface area (Å²) in [5.74, 6) is 1.02. The van der Waals surface area contributed by atoms with E-state index >= 15 is 0 Å². The van der Waals surface area contributed by atoms with Crippen molar-refractivity contribution in [3.63, 3.8) is 0 Å². The first-order chi connectivity index (χ1) is 20.5. The van der Waals surface area contributed by atoms with Crippen LogP contribution in [0.25, 0.3) is 0 Å². The topological polar surface area (TPSA) is 156 Å². The lowest BCUT2D eigenvalue weighted by Crippen LogP contribution is -2.35. The highest BCUT2D eigenvalue weighted by molar-refractivity contribution is 5.75. The Hall–Kier alpha value is -4.93. The van der Waals surface area contributed by atoms with E-state index in [1.54, 1.807) is 0 Å². The van der Waals surface area contributed by atoms with Crippen LogP contribution in [0.3, 0.4) is 0 Å². The molecule has 4 aromatic rings. The summed E-state index contributed by atoms with van der Waals surface area (Å²) in [7, 11) is 0. The number of ketones is 1. The van der Waals surface area contributed by atoms with E-state index in [2.05, 4.69) is 15.0 Å². The number of carbonyl (C=O) groups excluding carboxylic acids is 1. The number of H-pyrrole nitrogens is 3. The normalized spacial score (nSPS) is 10.9. The number of Topliss-reactive ketones (excluding diaryl/α,β-unsaturated/α-hetero) is 1. The van der Waals surface area contributed by atoms with Gasteiger partial charge in [-0.15, -0.1) is 0 Å². The molecule has 2 aromatic carbocycles. The summed E-state index contributed by atoms with van der Waals surface area (Å²) in [6.07, 6.45) is 0. The van der Waals surface area contributed by atoms with Gasteiger partial charge in [-0.1, -0.05) is 39.8 Å². The van der Waals surface area contributed by atoms with E-state index in [0.29, 0.717) is 22.6 Å². The Kier molecular flexibility index (Phi) is 10.7. The van der Waals surface area contributed by atoms with Crippen molar-refractivity contribution in [1.29, 1.82) is 0 Å². The van der Waals surface area contributed by atoms with Gasteiger partial charge in [-0.05, 0) is 93.0 Å². The number of aromatic amines is 3. The number of benzene rings is 2. The molecule has 234 valence electrons. The minimum absolute atomic E-state index is 0.0588. The van der Waals surface area contributed by atoms with Crippen LogP contribution < -0.4 is 32.0 Å². The van der Waals surface area contributed by atoms with Gasteiger partial charge in [-0.25, -0.2) is 9.59 Å². The number of hydrogen-bond acceptors (Lipinski definition) is 7. The highest BCUT2D eigenvalue weighted by Gasteiger charge is 2.21. The molecule has 0 fully saturated rings. The van der Waals surface area contributed by atoms with Crippen molar-refractivity contribution in [2.24, 2.45) is 0 Å². The molecule has 0 bridgehead atoms. The third-order valence-corrected chi connectivity index (χ3v) is 6.49. The number of hydrogen-bond donors (Lipinski definition) is 3. The molecule has 0 spiro atoms. The molecule has 2 heterocycles. The predicted octanol–water partition coefficient (Wildman–Crippen LogP) is 5.25. The van der Waals surface area contributed by atoms with Crippen molar-refractivity contribution >= 4 is 5.78 Å². The largest absolute Gasteiger partial charge is 0.440 e. The van der Waals surface area contributed by atoms with Crippen LogP contribution in [-0.4, -0.2) is 25.3 Å². The Labute approximate surface area is 254 Å². The Morgan fingerprint density at radius 1 is 0.682 bits per heavy atom. The van der Waals surface area contributed by atoms with Gasteiger partial charge in [0.2, 0.25) is 11.8 Å². The SMILES string of the molecule is CC(=O)Cn1c(Oc2cc(C)cc(C)c2)c(C(C)C)c(=O)[nH]c1=O.Cc1cc(C)cc(Oc2[nH]c(=O)[nH]c(=O)c2C(C)C)c1. The second-order valence-electron chi connectivity index (χ2n) is 11.6. The van der Waals surface area contributed by atoms with Gasteiger partial charge in [0.25, 0.3) is 11.1 Å². The number of rotatable bonds is 8. The van der Waals surface area contributed by atoms with Crippen LogP contribution in [0.5, 0.6) is 23.3 Å². The summed E-state index contributed by atoms with van der Waals surface area (Å²) in [4.78, 5) is 66.3. The number of ether oxygens (including phenoxy) is 2. The summed E-state index contributed by atoms with van der Waals surface area (Å²) < 4.78 is 12.8. The van der Waals surface area contributed by atoms with Crippen LogP contribution in [0.4, 0.5) is 0 Å². The summed E-state index contributed by atoms with van der Waals surface area (Å²) >= 11 is 0. The fourth-order valence-corrected chi connectivity index (χ4v) is 4.85. The molecule has 0 amide bonds. The van der Waals surface area contributed by atoms with E-state index in [9.17, 15) is 24.0 Å². The maximum atomic E-state index is 12.2. The van der Waals surface area contributed by atoms with E-state index in [1.165, 1.54) is 11.5 Å². The third kappa shape index (κ3) is 8.56. The maximum Gasteiger partial charge on any atom is 0.331 e. The molecule has 0 saturated carbocycles. The average molecular weight is 605 g/mol. The fraction of sp³-hybridized carbons (Fsp3) is 0.364. The summed E-state index contributed by atoms with van der Waals surface area (Å²) in [5, 5.41) is 0. The van der Waals surface area contributed by atoms with Gasteiger partial charge in [0.15, 0.2) is 0 Å². The molecule has 0 atom stereocenters. The second-order valence-corrected chi connectivity index (χ2v) is 11.6. The van der Waals surface area contributed by atoms with Crippen LogP contribution >= 0.6 is 0 Å². The van der Waals surface area contributed by atoms with Gasteiger partial charge in [-0.2, -0.15) is 0 Å². The molecule has 11 nitrogen and oxygen atoms in total. The lowest BCUT2D eigenvalue weighted by molar-refractivity contribution is -0.117. The molecule has 44 heavy (non-hydrogen) atoms. The van der Waals surface area contributed by atoms with Crippen molar-refractivity contribution < 1.29 is 14.3 Å². The van der Waals surface area contributed by atoms with Crippen molar-refractivity contribution in [3.8, 4) is 23.3 Å². The highest BCUT2D eigenvalue weighted by atomic mass is 16.5. The van der Waals surface area contributed by atoms with Crippen molar-refractivity contribution in [2.45, 2.75) is 80.7 Å². The number of carbonyl (C=O) groups is 1. The smallest absolute Gasteiger partial charge is 0.331 e. The first kappa shape index (κ1) is 33.6. The quantitative estimate of drug-likeness (QED) is 0.248. The minimum atomic E-state index is -0.654. The van der Waals surface area contributed by atoms with E-state index in [4.69, 9.17) is 9.47 Å². The van der Waals surface area contributed by atoms with Gasteiger partial charge in [0.1, 0.15) is 17.3 Å². The molecule has 3 N–H and O–H groups in total. The lowest BCUT2D eigenvalue weighted by Gasteiger charge is -2.18. The fourth-order valence-electron chi connectivity index (χ4n) is 4.85. The number of aryl methyl sites for hydroxylation is 4. The Morgan fingerprint density at radius 3 is 1.59 bits per heavy atom. The zero-order chi connectivity index (χ0) is 32.9. The molecule has 0 unspecified atom stereocenters. The maximum absolute atomic E-state index is 12.2. The number of aromatic nitrogens is 4. The molecule has 4 rings (SSSR count). The van der Waals surface area contributed by atoms with E-state index in [-0.39, 0.29) is 35.9 Å². The molecule has 0 aliphatic heterocycles.